The van der Waals surface area contributed by atoms with Gasteiger partial charge in [-0.1, -0.05) is 30.3 Å². The average molecular weight is 285 g/mol. The van der Waals surface area contributed by atoms with Crippen molar-refractivity contribution in [2.24, 2.45) is 5.84 Å². The Bertz CT molecular complexity index is 609. The van der Waals surface area contributed by atoms with E-state index in [4.69, 9.17) is 18.1 Å². The summed E-state index contributed by atoms with van der Waals surface area (Å²) < 4.78 is 0. The Morgan fingerprint density at radius 1 is 1.05 bits per heavy atom. The summed E-state index contributed by atoms with van der Waals surface area (Å²) >= 11 is 5.04. The Balaban J connectivity index is 2.12. The van der Waals surface area contributed by atoms with Crippen LogP contribution in [0.4, 0.5) is 5.69 Å². The van der Waals surface area contributed by atoms with Crippen molar-refractivity contribution in [2.45, 2.75) is 0 Å². The van der Waals surface area contributed by atoms with Crippen molar-refractivity contribution >= 4 is 28.8 Å². The molecule has 2 aromatic carbocycles. The van der Waals surface area contributed by atoms with Crippen LogP contribution in [-0.4, -0.2) is 23.0 Å². The van der Waals surface area contributed by atoms with Crippen LogP contribution in [0.3, 0.4) is 0 Å². The minimum Gasteiger partial charge on any atom is -0.332 e. The quantitative estimate of drug-likeness (QED) is 0.392. The van der Waals surface area contributed by atoms with E-state index in [1.54, 1.807) is 43.4 Å². The molecule has 3 N–H and O–H groups in total. The van der Waals surface area contributed by atoms with Crippen LogP contribution in [0.25, 0.3) is 0 Å². The van der Waals surface area contributed by atoms with Crippen LogP contribution < -0.4 is 11.2 Å². The Kier molecular flexibility index (Phi) is 4.45. The first kappa shape index (κ1) is 14.2. The zero-order chi connectivity index (χ0) is 14.5. The molecule has 0 aliphatic rings. The van der Waals surface area contributed by atoms with Gasteiger partial charge in [0.05, 0.1) is 0 Å². The van der Waals surface area contributed by atoms with Gasteiger partial charge in [-0.05, 0) is 36.5 Å². The van der Waals surface area contributed by atoms with Crippen LogP contribution in [0.5, 0.6) is 0 Å². The molecule has 0 bridgehead atoms. The van der Waals surface area contributed by atoms with Crippen molar-refractivity contribution in [3.05, 3.63) is 65.7 Å². The summed E-state index contributed by atoms with van der Waals surface area (Å²) in [5, 5.41) is 4.70. The van der Waals surface area contributed by atoms with Crippen LogP contribution >= 0.6 is 12.2 Å². The number of thiocarbonyl (C=S) groups is 1. The fraction of sp³-hybridized carbons (Fsp3) is 0.0667. The van der Waals surface area contributed by atoms with Gasteiger partial charge in [0.25, 0.3) is 0 Å². The van der Waals surface area contributed by atoms with Crippen LogP contribution in [0, 0.1) is 0 Å². The molecule has 102 valence electrons. The molecular weight excluding hydrogens is 270 g/mol. The van der Waals surface area contributed by atoms with Gasteiger partial charge in [0.2, 0.25) is 0 Å². The molecule has 20 heavy (non-hydrogen) atoms. The van der Waals surface area contributed by atoms with Gasteiger partial charge >= 0.3 is 0 Å². The molecule has 0 aromatic heterocycles. The van der Waals surface area contributed by atoms with Crippen molar-refractivity contribution in [3.63, 3.8) is 0 Å². The molecule has 0 saturated heterocycles. The summed E-state index contributed by atoms with van der Waals surface area (Å²) in [6, 6.07) is 16.3. The number of nitrogens with two attached hydrogens (primary N) is 1. The monoisotopic (exact) mass is 285 g/mol. The van der Waals surface area contributed by atoms with E-state index in [2.05, 4.69) is 5.32 Å². The number of hydrogen-bond acceptors (Lipinski definition) is 3. The first-order chi connectivity index (χ1) is 9.58. The Hall–Kier alpha value is -2.24. The van der Waals surface area contributed by atoms with E-state index in [-0.39, 0.29) is 5.78 Å². The molecular formula is C15H15N3OS. The van der Waals surface area contributed by atoms with Gasteiger partial charge in [0, 0.05) is 23.9 Å². The first-order valence-electron chi connectivity index (χ1n) is 6.07. The van der Waals surface area contributed by atoms with Crippen molar-refractivity contribution in [2.75, 3.05) is 12.4 Å². The lowest BCUT2D eigenvalue weighted by molar-refractivity contribution is 0.103. The number of carbonyl (C=O) groups is 1. The molecule has 0 spiro atoms. The summed E-state index contributed by atoms with van der Waals surface area (Å²) in [4.78, 5) is 12.2. The predicted octanol–water partition coefficient (Wildman–Crippen LogP) is 2.42. The SMILES string of the molecule is CN(N)C(=S)Nc1ccc(C(=O)c2ccccc2)cc1. The Morgan fingerprint density at radius 2 is 1.60 bits per heavy atom. The summed E-state index contributed by atoms with van der Waals surface area (Å²) in [6.45, 7) is 0. The first-order valence-corrected chi connectivity index (χ1v) is 6.48. The van der Waals surface area contributed by atoms with Gasteiger partial charge in [0.1, 0.15) is 0 Å². The molecule has 2 aromatic rings. The predicted molar refractivity (Wildman–Crippen MR) is 84.5 cm³/mol. The number of nitrogens with zero attached hydrogens (tertiary/aromatic N) is 1. The number of hydrogen-bond donors (Lipinski definition) is 2. The highest BCUT2D eigenvalue weighted by atomic mass is 32.1. The van der Waals surface area contributed by atoms with Crippen molar-refractivity contribution in [3.8, 4) is 0 Å². The van der Waals surface area contributed by atoms with Gasteiger partial charge < -0.3 is 5.32 Å². The highest BCUT2D eigenvalue weighted by Gasteiger charge is 2.08. The Morgan fingerprint density at radius 3 is 2.15 bits per heavy atom. The van der Waals surface area contributed by atoms with E-state index in [1.807, 2.05) is 18.2 Å². The minimum absolute atomic E-state index is 0.00401. The fourth-order valence-corrected chi connectivity index (χ4v) is 1.79. The lowest BCUT2D eigenvalue weighted by Gasteiger charge is -2.15. The third kappa shape index (κ3) is 3.40. The lowest BCUT2D eigenvalue weighted by Crippen LogP contribution is -2.36. The molecule has 0 radical (unpaired) electrons. The zero-order valence-electron chi connectivity index (χ0n) is 11.0. The number of nitrogens with one attached hydrogen (secondary N) is 1. The molecule has 2 rings (SSSR count). The van der Waals surface area contributed by atoms with Crippen molar-refractivity contribution in [1.29, 1.82) is 0 Å². The number of anilines is 1. The van der Waals surface area contributed by atoms with E-state index in [0.29, 0.717) is 16.2 Å². The highest BCUT2D eigenvalue weighted by molar-refractivity contribution is 7.80. The maximum Gasteiger partial charge on any atom is 0.193 e. The Labute approximate surface area is 123 Å². The van der Waals surface area contributed by atoms with Gasteiger partial charge in [-0.3, -0.25) is 9.80 Å². The maximum atomic E-state index is 12.2. The molecule has 0 fully saturated rings. The molecule has 0 heterocycles. The summed E-state index contributed by atoms with van der Waals surface area (Å²) in [7, 11) is 1.66. The topological polar surface area (TPSA) is 58.4 Å². The third-order valence-electron chi connectivity index (χ3n) is 2.75. The molecule has 0 atom stereocenters. The second-order valence-corrected chi connectivity index (χ2v) is 4.70. The summed E-state index contributed by atoms with van der Waals surface area (Å²) in [5.41, 5.74) is 2.09. The van der Waals surface area contributed by atoms with E-state index in [9.17, 15) is 4.79 Å². The number of carbonyl (C=O) groups excluding carboxylic acids is 1. The van der Waals surface area contributed by atoms with Gasteiger partial charge in [-0.15, -0.1) is 0 Å². The van der Waals surface area contributed by atoms with Crippen LogP contribution in [-0.2, 0) is 0 Å². The van der Waals surface area contributed by atoms with E-state index in [0.717, 1.165) is 5.69 Å². The van der Waals surface area contributed by atoms with E-state index >= 15 is 0 Å². The van der Waals surface area contributed by atoms with Crippen molar-refractivity contribution < 1.29 is 4.79 Å². The molecule has 0 aliphatic carbocycles. The van der Waals surface area contributed by atoms with Gasteiger partial charge in [-0.25, -0.2) is 5.84 Å². The average Bonchev–Trinajstić information content (AvgIpc) is 2.48. The minimum atomic E-state index is -0.00401. The molecule has 0 amide bonds. The second-order valence-electron chi connectivity index (χ2n) is 4.31. The zero-order valence-corrected chi connectivity index (χ0v) is 11.9. The molecule has 5 heteroatoms. The largest absolute Gasteiger partial charge is 0.332 e. The standard InChI is InChI=1S/C15H15N3OS/c1-18(16)15(20)17-13-9-7-12(8-10-13)14(19)11-5-3-2-4-6-11/h2-10H,16H2,1H3,(H,17,20). The fourth-order valence-electron chi connectivity index (χ4n) is 1.67. The van der Waals surface area contributed by atoms with Crippen molar-refractivity contribution in [1.82, 2.24) is 5.01 Å². The number of rotatable bonds is 3. The maximum absolute atomic E-state index is 12.2. The van der Waals surface area contributed by atoms with Crippen LogP contribution in [0.1, 0.15) is 15.9 Å². The second kappa shape index (κ2) is 6.27. The van der Waals surface area contributed by atoms with Crippen LogP contribution in [0.2, 0.25) is 0 Å². The molecule has 0 saturated carbocycles. The smallest absolute Gasteiger partial charge is 0.193 e. The number of hydrazine groups is 1. The highest BCUT2D eigenvalue weighted by Crippen LogP contribution is 2.14. The number of benzene rings is 2. The number of ketones is 1. The summed E-state index contributed by atoms with van der Waals surface area (Å²) in [6.07, 6.45) is 0. The van der Waals surface area contributed by atoms with Crippen LogP contribution in [0.15, 0.2) is 54.6 Å². The molecule has 0 aliphatic heterocycles. The summed E-state index contributed by atoms with van der Waals surface area (Å²) in [5.74, 6) is 5.51. The molecule has 0 unspecified atom stereocenters. The third-order valence-corrected chi connectivity index (χ3v) is 3.14. The van der Waals surface area contributed by atoms with Gasteiger partial charge in [-0.2, -0.15) is 0 Å². The normalized spacial score (nSPS) is 9.90. The van der Waals surface area contributed by atoms with E-state index in [1.165, 1.54) is 5.01 Å². The molecule has 4 nitrogen and oxygen atoms in total. The van der Waals surface area contributed by atoms with Gasteiger partial charge in [0.15, 0.2) is 10.9 Å². The lowest BCUT2D eigenvalue weighted by atomic mass is 10.0. The van der Waals surface area contributed by atoms with E-state index < -0.39 is 0 Å².